The molecule has 0 aliphatic rings. The molecule has 0 aliphatic carbocycles. The van der Waals surface area contributed by atoms with Crippen molar-refractivity contribution < 1.29 is 4.74 Å². The number of aromatic amines is 1. The summed E-state index contributed by atoms with van der Waals surface area (Å²) >= 11 is 0. The van der Waals surface area contributed by atoms with Crippen LogP contribution in [0.3, 0.4) is 0 Å². The number of tetrazole rings is 1. The maximum Gasteiger partial charge on any atom is 0.252 e. The van der Waals surface area contributed by atoms with Crippen LogP contribution in [0.5, 0.6) is 5.75 Å². The van der Waals surface area contributed by atoms with Crippen molar-refractivity contribution in [2.45, 2.75) is 45.9 Å². The summed E-state index contributed by atoms with van der Waals surface area (Å²) in [5.41, 5.74) is 4.69. The number of hydrogen-bond donors (Lipinski definition) is 1. The Bertz CT molecular complexity index is 1560. The van der Waals surface area contributed by atoms with E-state index in [0.29, 0.717) is 25.2 Å². The molecule has 0 saturated heterocycles. The van der Waals surface area contributed by atoms with E-state index in [0.717, 1.165) is 45.6 Å². The van der Waals surface area contributed by atoms with E-state index in [4.69, 9.17) is 4.74 Å². The van der Waals surface area contributed by atoms with Crippen LogP contribution in [0.25, 0.3) is 10.9 Å². The van der Waals surface area contributed by atoms with Gasteiger partial charge in [0.15, 0.2) is 5.82 Å². The number of hydrogen-bond acceptors (Lipinski definition) is 7. The van der Waals surface area contributed by atoms with Crippen molar-refractivity contribution in [3.8, 4) is 5.75 Å². The number of fused-ring (bicyclic) bond motifs is 1. The van der Waals surface area contributed by atoms with Gasteiger partial charge in [-0.2, -0.15) is 0 Å². The van der Waals surface area contributed by atoms with Gasteiger partial charge in [0.25, 0.3) is 5.56 Å². The summed E-state index contributed by atoms with van der Waals surface area (Å²) in [6.45, 7) is 5.71. The van der Waals surface area contributed by atoms with Crippen molar-refractivity contribution in [2.75, 3.05) is 7.11 Å². The van der Waals surface area contributed by atoms with Crippen LogP contribution >= 0.6 is 0 Å². The van der Waals surface area contributed by atoms with Gasteiger partial charge in [0.2, 0.25) is 0 Å². The molecule has 194 valence electrons. The topological polar surface area (TPSA) is 102 Å². The lowest BCUT2D eigenvalue weighted by Gasteiger charge is -2.30. The van der Waals surface area contributed by atoms with Crippen LogP contribution < -0.4 is 10.3 Å². The van der Waals surface area contributed by atoms with E-state index in [1.165, 1.54) is 0 Å². The SMILES string of the molecule is CC[C@@H](c1nnnn1Cc1ccc(OC)cc1)N(Cc1cccnc1)Cc1cc2cc(C)ccc2[nH]c1=O. The maximum absolute atomic E-state index is 13.1. The molecular formula is C29H31N7O2. The second kappa shape index (κ2) is 11.4. The van der Waals surface area contributed by atoms with Crippen molar-refractivity contribution in [1.82, 2.24) is 35.1 Å². The fourth-order valence-corrected chi connectivity index (χ4v) is 4.78. The lowest BCUT2D eigenvalue weighted by atomic mass is 10.1. The summed E-state index contributed by atoms with van der Waals surface area (Å²) in [6, 6.07) is 19.7. The summed E-state index contributed by atoms with van der Waals surface area (Å²) in [7, 11) is 1.65. The number of pyridine rings is 2. The molecule has 5 rings (SSSR count). The molecule has 0 saturated carbocycles. The molecule has 0 unspecified atom stereocenters. The zero-order valence-electron chi connectivity index (χ0n) is 21.8. The van der Waals surface area contributed by atoms with Gasteiger partial charge in [0.1, 0.15) is 5.75 Å². The standard InChI is InChI=1S/C29H31N7O2/c1-4-27(28-32-33-34-36(28)18-21-8-10-25(38-3)11-9-21)35(17-22-6-5-13-30-16-22)19-24-15-23-14-20(2)7-12-26(23)31-29(24)37/h5-16,27H,4,17-19H2,1-3H3,(H,31,37)/t27-/m0/s1. The Labute approximate surface area is 221 Å². The highest BCUT2D eigenvalue weighted by atomic mass is 16.5. The van der Waals surface area contributed by atoms with E-state index in [1.807, 2.05) is 65.5 Å². The third kappa shape index (κ3) is 5.63. The molecule has 9 nitrogen and oxygen atoms in total. The largest absolute Gasteiger partial charge is 0.497 e. The fraction of sp³-hybridized carbons (Fsp3) is 0.276. The number of H-pyrrole nitrogens is 1. The van der Waals surface area contributed by atoms with Gasteiger partial charge in [0, 0.05) is 36.6 Å². The molecular weight excluding hydrogens is 478 g/mol. The average Bonchev–Trinajstić information content (AvgIpc) is 3.38. The molecule has 0 spiro atoms. The second-order valence-electron chi connectivity index (χ2n) is 9.45. The van der Waals surface area contributed by atoms with Gasteiger partial charge in [-0.1, -0.05) is 36.8 Å². The zero-order valence-corrected chi connectivity index (χ0v) is 21.8. The fourth-order valence-electron chi connectivity index (χ4n) is 4.78. The summed E-state index contributed by atoms with van der Waals surface area (Å²) in [4.78, 5) is 22.7. The minimum Gasteiger partial charge on any atom is -0.497 e. The maximum atomic E-state index is 13.1. The van der Waals surface area contributed by atoms with E-state index < -0.39 is 0 Å². The summed E-state index contributed by atoms with van der Waals surface area (Å²) < 4.78 is 7.12. The molecule has 0 bridgehead atoms. The number of methoxy groups -OCH3 is 1. The van der Waals surface area contributed by atoms with E-state index in [1.54, 1.807) is 13.3 Å². The molecule has 0 radical (unpaired) electrons. The number of aromatic nitrogens is 6. The predicted molar refractivity (Wildman–Crippen MR) is 146 cm³/mol. The van der Waals surface area contributed by atoms with Crippen LogP contribution in [-0.4, -0.2) is 42.2 Å². The quantitative estimate of drug-likeness (QED) is 0.297. The Hall–Kier alpha value is -4.37. The molecule has 1 atom stereocenters. The molecule has 3 aromatic heterocycles. The molecule has 0 aliphatic heterocycles. The lowest BCUT2D eigenvalue weighted by Crippen LogP contribution is -2.32. The van der Waals surface area contributed by atoms with Crippen molar-refractivity contribution in [3.63, 3.8) is 0 Å². The third-order valence-electron chi connectivity index (χ3n) is 6.74. The van der Waals surface area contributed by atoms with Gasteiger partial charge >= 0.3 is 0 Å². The first-order valence-electron chi connectivity index (χ1n) is 12.7. The lowest BCUT2D eigenvalue weighted by molar-refractivity contribution is 0.161. The van der Waals surface area contributed by atoms with E-state index in [9.17, 15) is 4.79 Å². The summed E-state index contributed by atoms with van der Waals surface area (Å²) in [5.74, 6) is 1.55. The first kappa shape index (κ1) is 25.3. The van der Waals surface area contributed by atoms with Crippen LogP contribution in [0, 0.1) is 6.92 Å². The van der Waals surface area contributed by atoms with Crippen LogP contribution in [0.1, 0.15) is 47.5 Å². The van der Waals surface area contributed by atoms with Crippen molar-refractivity contribution in [1.29, 1.82) is 0 Å². The Morgan fingerprint density at radius 1 is 1.05 bits per heavy atom. The minimum atomic E-state index is -0.129. The van der Waals surface area contributed by atoms with Gasteiger partial charge in [-0.15, -0.1) is 5.10 Å². The van der Waals surface area contributed by atoms with Gasteiger partial charge < -0.3 is 9.72 Å². The second-order valence-corrected chi connectivity index (χ2v) is 9.45. The number of nitrogens with one attached hydrogen (secondary N) is 1. The Kier molecular flexibility index (Phi) is 7.55. The van der Waals surface area contributed by atoms with Crippen LogP contribution in [-0.2, 0) is 19.6 Å². The minimum absolute atomic E-state index is 0.0924. The summed E-state index contributed by atoms with van der Waals surface area (Å²) in [6.07, 6.45) is 4.37. The highest BCUT2D eigenvalue weighted by Crippen LogP contribution is 2.27. The van der Waals surface area contributed by atoms with Gasteiger partial charge in [-0.25, -0.2) is 4.68 Å². The first-order valence-corrected chi connectivity index (χ1v) is 12.7. The van der Waals surface area contributed by atoms with E-state index in [2.05, 4.69) is 50.3 Å². The third-order valence-corrected chi connectivity index (χ3v) is 6.74. The molecule has 1 N–H and O–H groups in total. The van der Waals surface area contributed by atoms with Crippen LogP contribution in [0.4, 0.5) is 0 Å². The molecule has 3 heterocycles. The first-order chi connectivity index (χ1) is 18.5. The van der Waals surface area contributed by atoms with E-state index >= 15 is 0 Å². The van der Waals surface area contributed by atoms with Crippen molar-refractivity contribution in [2.24, 2.45) is 0 Å². The van der Waals surface area contributed by atoms with E-state index in [-0.39, 0.29) is 11.6 Å². The van der Waals surface area contributed by atoms with Crippen LogP contribution in [0.2, 0.25) is 0 Å². The molecule has 0 amide bonds. The summed E-state index contributed by atoms with van der Waals surface area (Å²) in [5, 5.41) is 13.8. The van der Waals surface area contributed by atoms with Gasteiger partial charge in [-0.05, 0) is 76.7 Å². The van der Waals surface area contributed by atoms with Gasteiger partial charge in [0.05, 0.1) is 19.7 Å². The van der Waals surface area contributed by atoms with Gasteiger partial charge in [-0.3, -0.25) is 14.7 Å². The molecule has 38 heavy (non-hydrogen) atoms. The Morgan fingerprint density at radius 2 is 1.89 bits per heavy atom. The molecule has 0 fully saturated rings. The monoisotopic (exact) mass is 509 g/mol. The smallest absolute Gasteiger partial charge is 0.252 e. The Morgan fingerprint density at radius 3 is 2.63 bits per heavy atom. The number of ether oxygens (including phenoxy) is 1. The van der Waals surface area contributed by atoms with Crippen molar-refractivity contribution >= 4 is 10.9 Å². The number of benzene rings is 2. The van der Waals surface area contributed by atoms with Crippen LogP contribution in [0.15, 0.2) is 77.9 Å². The Balaban J connectivity index is 1.50. The zero-order chi connectivity index (χ0) is 26.5. The molecule has 9 heteroatoms. The number of rotatable bonds is 10. The normalized spacial score (nSPS) is 12.2. The number of nitrogens with zero attached hydrogens (tertiary/aromatic N) is 6. The highest BCUT2D eigenvalue weighted by Gasteiger charge is 2.26. The predicted octanol–water partition coefficient (Wildman–Crippen LogP) is 4.43. The average molecular weight is 510 g/mol. The number of aryl methyl sites for hydroxylation is 1. The van der Waals surface area contributed by atoms with Crippen molar-refractivity contribution in [3.05, 3.63) is 111 Å². The molecule has 5 aromatic rings. The highest BCUT2D eigenvalue weighted by molar-refractivity contribution is 5.79. The molecule has 2 aromatic carbocycles.